The number of benzene rings is 1. The number of rotatable bonds is 5. The van der Waals surface area contributed by atoms with E-state index in [-0.39, 0.29) is 12.6 Å². The molecule has 0 bridgehead atoms. The van der Waals surface area contributed by atoms with Gasteiger partial charge in [0.1, 0.15) is 11.6 Å². The molecule has 2 amide bonds. The number of aryl methyl sites for hydroxylation is 1. The van der Waals surface area contributed by atoms with Crippen LogP contribution < -0.4 is 16.4 Å². The van der Waals surface area contributed by atoms with E-state index in [0.29, 0.717) is 43.5 Å². The second-order valence-corrected chi connectivity index (χ2v) is 9.08. The molecule has 2 aromatic rings. The molecule has 1 aromatic carbocycles. The van der Waals surface area contributed by atoms with Crippen LogP contribution in [-0.2, 0) is 4.74 Å². The minimum absolute atomic E-state index is 0.103. The van der Waals surface area contributed by atoms with Crippen LogP contribution in [0.5, 0.6) is 0 Å². The van der Waals surface area contributed by atoms with Gasteiger partial charge in [0.05, 0.1) is 0 Å². The van der Waals surface area contributed by atoms with Crippen LogP contribution in [0, 0.1) is 12.8 Å². The van der Waals surface area contributed by atoms with Gasteiger partial charge in [0.15, 0.2) is 0 Å². The number of nitrogens with zero attached hydrogens (tertiary/aromatic N) is 2. The maximum Gasteiger partial charge on any atom is 0.389 e. The molecule has 0 spiro atoms. The number of anilines is 3. The lowest BCUT2D eigenvalue weighted by molar-refractivity contribution is -0.143. The highest BCUT2D eigenvalue weighted by molar-refractivity contribution is 5.91. The topological polar surface area (TPSA) is 92.5 Å². The average Bonchev–Trinajstić information content (AvgIpc) is 3.22. The Kier molecular flexibility index (Phi) is 7.16. The molecule has 0 radical (unpaired) electrons. The monoisotopic (exact) mass is 477 g/mol. The van der Waals surface area contributed by atoms with Crippen molar-refractivity contribution in [1.29, 1.82) is 0 Å². The zero-order valence-corrected chi connectivity index (χ0v) is 19.1. The van der Waals surface area contributed by atoms with E-state index >= 15 is 0 Å². The molecule has 0 saturated carbocycles. The fourth-order valence-electron chi connectivity index (χ4n) is 4.56. The summed E-state index contributed by atoms with van der Waals surface area (Å²) in [6.07, 6.45) is -2.93. The van der Waals surface area contributed by atoms with Gasteiger partial charge in [-0.1, -0.05) is 6.07 Å². The fraction of sp³-hybridized carbons (Fsp3) is 0.500. The maximum atomic E-state index is 12.7. The van der Waals surface area contributed by atoms with E-state index in [2.05, 4.69) is 15.6 Å². The number of nitrogens with one attached hydrogen (secondary N) is 2. The first-order valence-corrected chi connectivity index (χ1v) is 11.5. The van der Waals surface area contributed by atoms with Gasteiger partial charge in [-0.15, -0.1) is 0 Å². The van der Waals surface area contributed by atoms with Crippen LogP contribution >= 0.6 is 0 Å². The van der Waals surface area contributed by atoms with Gasteiger partial charge in [-0.3, -0.25) is 0 Å². The number of nitrogen functional groups attached to an aromatic ring is 1. The number of urea groups is 1. The summed E-state index contributed by atoms with van der Waals surface area (Å²) in [7, 11) is 0. The molecule has 1 aromatic heterocycles. The number of likely N-dealkylation sites (tertiary alicyclic amines) is 1. The molecule has 2 aliphatic heterocycles. The van der Waals surface area contributed by atoms with Gasteiger partial charge in [-0.05, 0) is 73.1 Å². The molecule has 2 saturated heterocycles. The average molecular weight is 478 g/mol. The number of carbonyl (C=O) groups is 1. The van der Waals surface area contributed by atoms with Crippen molar-refractivity contribution in [3.8, 4) is 11.1 Å². The third-order valence-corrected chi connectivity index (χ3v) is 6.31. The number of hydrogen-bond acceptors (Lipinski definition) is 5. The number of ether oxygens (including phenoxy) is 1. The van der Waals surface area contributed by atoms with Gasteiger partial charge in [-0.25, -0.2) is 9.78 Å². The van der Waals surface area contributed by atoms with E-state index in [0.717, 1.165) is 29.5 Å². The van der Waals surface area contributed by atoms with Crippen molar-refractivity contribution in [3.63, 3.8) is 0 Å². The molecule has 1 atom stereocenters. The summed E-state index contributed by atoms with van der Waals surface area (Å²) in [6.45, 7) is 3.80. The van der Waals surface area contributed by atoms with Crippen molar-refractivity contribution < 1.29 is 22.7 Å². The smallest absolute Gasteiger partial charge is 0.384 e. The van der Waals surface area contributed by atoms with Crippen molar-refractivity contribution in [2.45, 2.75) is 44.8 Å². The van der Waals surface area contributed by atoms with Crippen molar-refractivity contribution >= 4 is 23.4 Å². The number of hydrogen-bond donors (Lipinski definition) is 3. The summed E-state index contributed by atoms with van der Waals surface area (Å²) in [6, 6.07) is 9.12. The van der Waals surface area contributed by atoms with E-state index in [1.165, 1.54) is 4.90 Å². The van der Waals surface area contributed by atoms with Gasteiger partial charge in [0.2, 0.25) is 0 Å². The van der Waals surface area contributed by atoms with Gasteiger partial charge < -0.3 is 26.0 Å². The molecule has 7 nitrogen and oxygen atoms in total. The van der Waals surface area contributed by atoms with E-state index in [9.17, 15) is 18.0 Å². The number of nitrogens with two attached hydrogens (primary N) is 1. The molecule has 4 N–H and O–H groups in total. The lowest BCUT2D eigenvalue weighted by Gasteiger charge is -2.24. The Bertz CT molecular complexity index is 1020. The zero-order valence-electron chi connectivity index (χ0n) is 19.1. The quantitative estimate of drug-likeness (QED) is 0.561. The molecule has 2 fully saturated rings. The van der Waals surface area contributed by atoms with Crippen LogP contribution in [0.3, 0.4) is 0 Å². The number of alkyl halides is 3. The first-order valence-electron chi connectivity index (χ1n) is 11.5. The van der Waals surface area contributed by atoms with Crippen LogP contribution in [0.25, 0.3) is 11.1 Å². The van der Waals surface area contributed by atoms with Crippen molar-refractivity contribution in [1.82, 2.24) is 9.88 Å². The number of pyridine rings is 1. The molecule has 3 heterocycles. The molecule has 2 aliphatic rings. The first-order chi connectivity index (χ1) is 16.2. The molecule has 34 heavy (non-hydrogen) atoms. The Morgan fingerprint density at radius 1 is 1.21 bits per heavy atom. The molecule has 0 unspecified atom stereocenters. The summed E-state index contributed by atoms with van der Waals surface area (Å²) in [4.78, 5) is 18.5. The van der Waals surface area contributed by atoms with Crippen LogP contribution in [-0.4, -0.2) is 54.4 Å². The predicted molar refractivity (Wildman–Crippen MR) is 126 cm³/mol. The van der Waals surface area contributed by atoms with E-state index in [1.807, 2.05) is 25.1 Å². The first kappa shape index (κ1) is 24.1. The standard InChI is InChI=1S/C24H30F3N5O2/c1-15-2-3-19(30-23(33)32-7-4-16(14-32)13-24(25,26)27)12-20(15)17-10-21(28)31-22(11-17)29-18-5-8-34-9-6-18/h2-3,10-12,16,18H,4-9,13-14H2,1H3,(H,30,33)(H3,28,29,31)/t16-/m0/s1. The molecule has 10 heteroatoms. The van der Waals surface area contributed by atoms with Crippen LogP contribution in [0.15, 0.2) is 30.3 Å². The summed E-state index contributed by atoms with van der Waals surface area (Å²) in [5.41, 5.74) is 9.39. The van der Waals surface area contributed by atoms with Crippen LogP contribution in [0.4, 0.5) is 35.3 Å². The fourth-order valence-corrected chi connectivity index (χ4v) is 4.56. The number of aromatic nitrogens is 1. The Morgan fingerprint density at radius 3 is 2.71 bits per heavy atom. The summed E-state index contributed by atoms with van der Waals surface area (Å²) in [5.74, 6) is 0.512. The van der Waals surface area contributed by atoms with Gasteiger partial charge >= 0.3 is 12.2 Å². The Balaban J connectivity index is 1.46. The van der Waals surface area contributed by atoms with Crippen LogP contribution in [0.1, 0.15) is 31.2 Å². The van der Waals surface area contributed by atoms with Crippen molar-refractivity contribution in [2.24, 2.45) is 5.92 Å². The molecule has 0 aliphatic carbocycles. The summed E-state index contributed by atoms with van der Waals surface area (Å²) >= 11 is 0. The maximum absolute atomic E-state index is 12.7. The molecule has 4 rings (SSSR count). The van der Waals surface area contributed by atoms with Gasteiger partial charge in [0.25, 0.3) is 0 Å². The third-order valence-electron chi connectivity index (χ3n) is 6.31. The Hall–Kier alpha value is -3.01. The van der Waals surface area contributed by atoms with E-state index < -0.39 is 24.5 Å². The van der Waals surface area contributed by atoms with Crippen molar-refractivity contribution in [3.05, 3.63) is 35.9 Å². The van der Waals surface area contributed by atoms with Gasteiger partial charge in [-0.2, -0.15) is 13.2 Å². The van der Waals surface area contributed by atoms with Crippen molar-refractivity contribution in [2.75, 3.05) is 42.7 Å². The molecular weight excluding hydrogens is 447 g/mol. The SMILES string of the molecule is Cc1ccc(NC(=O)N2CC[C@@H](CC(F)(F)F)C2)cc1-c1cc(N)nc(NC2CCOCC2)c1. The largest absolute Gasteiger partial charge is 0.389 e. The van der Waals surface area contributed by atoms with Crippen LogP contribution in [0.2, 0.25) is 0 Å². The van der Waals surface area contributed by atoms with Gasteiger partial charge in [0, 0.05) is 44.5 Å². The highest BCUT2D eigenvalue weighted by atomic mass is 19.4. The van der Waals surface area contributed by atoms with E-state index in [4.69, 9.17) is 10.5 Å². The minimum Gasteiger partial charge on any atom is -0.384 e. The number of amides is 2. The summed E-state index contributed by atoms with van der Waals surface area (Å²) in [5, 5.41) is 6.26. The zero-order chi connectivity index (χ0) is 24.3. The highest BCUT2D eigenvalue weighted by Gasteiger charge is 2.36. The number of halogens is 3. The minimum atomic E-state index is -4.21. The Labute approximate surface area is 196 Å². The Morgan fingerprint density at radius 2 is 1.97 bits per heavy atom. The highest BCUT2D eigenvalue weighted by Crippen LogP contribution is 2.32. The molecule has 184 valence electrons. The second kappa shape index (κ2) is 10.1. The number of carbonyl (C=O) groups excluding carboxylic acids is 1. The normalized spacial score (nSPS) is 19.3. The predicted octanol–water partition coefficient (Wildman–Crippen LogP) is 5.04. The molecular formula is C24H30F3N5O2. The lowest BCUT2D eigenvalue weighted by Crippen LogP contribution is -2.33. The lowest BCUT2D eigenvalue weighted by atomic mass is 10.00. The summed E-state index contributed by atoms with van der Waals surface area (Å²) < 4.78 is 43.4. The second-order valence-electron chi connectivity index (χ2n) is 9.08. The van der Waals surface area contributed by atoms with E-state index in [1.54, 1.807) is 12.1 Å². The third kappa shape index (κ3) is 6.31.